The maximum Gasteiger partial charge on any atom is 0.309 e. The predicted octanol–water partition coefficient (Wildman–Crippen LogP) is 0.581. The zero-order valence-electron chi connectivity index (χ0n) is 7.76. The van der Waals surface area contributed by atoms with Crippen LogP contribution in [0.1, 0.15) is 27.2 Å². The molecule has 0 unspecified atom stereocenters. The molecule has 0 spiro atoms. The van der Waals surface area contributed by atoms with Crippen LogP contribution >= 0.6 is 0 Å². The molecule has 0 heterocycles. The van der Waals surface area contributed by atoms with Gasteiger partial charge < -0.3 is 15.6 Å². The number of nitrogens with two attached hydrogens (primary N) is 1. The van der Waals surface area contributed by atoms with Crippen molar-refractivity contribution >= 4 is 5.97 Å². The van der Waals surface area contributed by atoms with Gasteiger partial charge in [-0.15, -0.1) is 0 Å². The number of aliphatic hydroxyl groups is 1. The van der Waals surface area contributed by atoms with Gasteiger partial charge in [-0.1, -0.05) is 0 Å². The SMILES string of the molecule is CC(C)(C)OC(=O)C[C](O)CN. The summed E-state index contributed by atoms with van der Waals surface area (Å²) in [5.74, 6) is -0.453. The van der Waals surface area contributed by atoms with Crippen LogP contribution in [-0.2, 0) is 9.53 Å². The quantitative estimate of drug-likeness (QED) is 0.614. The molecule has 0 aromatic heterocycles. The van der Waals surface area contributed by atoms with E-state index in [-0.39, 0.29) is 19.1 Å². The van der Waals surface area contributed by atoms with Crippen molar-refractivity contribution in [3.63, 3.8) is 0 Å². The first kappa shape index (κ1) is 11.4. The molecule has 0 bridgehead atoms. The van der Waals surface area contributed by atoms with Crippen molar-refractivity contribution in [2.75, 3.05) is 6.54 Å². The highest BCUT2D eigenvalue weighted by molar-refractivity contribution is 5.71. The number of esters is 1. The van der Waals surface area contributed by atoms with Gasteiger partial charge in [0.15, 0.2) is 0 Å². The lowest BCUT2D eigenvalue weighted by Crippen LogP contribution is -2.26. The third-order valence-corrected chi connectivity index (χ3v) is 1.00. The average Bonchev–Trinajstić information content (AvgIpc) is 1.82. The maximum atomic E-state index is 11.0. The molecular weight excluding hydrogens is 158 g/mol. The highest BCUT2D eigenvalue weighted by Crippen LogP contribution is 2.10. The highest BCUT2D eigenvalue weighted by Gasteiger charge is 2.18. The van der Waals surface area contributed by atoms with E-state index in [1.165, 1.54) is 0 Å². The van der Waals surface area contributed by atoms with Gasteiger partial charge >= 0.3 is 5.97 Å². The van der Waals surface area contributed by atoms with E-state index in [0.717, 1.165) is 0 Å². The maximum absolute atomic E-state index is 11.0. The van der Waals surface area contributed by atoms with E-state index in [1.54, 1.807) is 20.8 Å². The predicted molar refractivity (Wildman–Crippen MR) is 44.7 cm³/mol. The molecule has 0 saturated heterocycles. The van der Waals surface area contributed by atoms with Crippen LogP contribution in [0.5, 0.6) is 0 Å². The minimum Gasteiger partial charge on any atom is -0.460 e. The molecule has 1 radical (unpaired) electrons. The summed E-state index contributed by atoms with van der Waals surface area (Å²) in [6.07, 6.45) is -0.169. The summed E-state index contributed by atoms with van der Waals surface area (Å²) in [6.45, 7) is 5.30. The molecule has 0 amide bonds. The topological polar surface area (TPSA) is 72.5 Å². The average molecular weight is 174 g/mol. The Labute approximate surface area is 72.7 Å². The first-order valence-electron chi connectivity index (χ1n) is 3.80. The van der Waals surface area contributed by atoms with Gasteiger partial charge in [0.25, 0.3) is 0 Å². The number of aliphatic hydroxyl groups excluding tert-OH is 1. The van der Waals surface area contributed by atoms with Gasteiger partial charge in [0.2, 0.25) is 0 Å². The second kappa shape index (κ2) is 4.42. The standard InChI is InChI=1S/C8H16NO3/c1-8(2,3)12-7(11)4-6(10)5-9/h10H,4-5,9H2,1-3H3. The Morgan fingerprint density at radius 1 is 1.50 bits per heavy atom. The lowest BCUT2D eigenvalue weighted by molar-refractivity contribution is -0.155. The Morgan fingerprint density at radius 3 is 2.33 bits per heavy atom. The second-order valence-electron chi connectivity index (χ2n) is 3.53. The van der Waals surface area contributed by atoms with E-state index >= 15 is 0 Å². The molecule has 3 N–H and O–H groups in total. The number of ether oxygens (including phenoxy) is 1. The molecule has 0 aromatic carbocycles. The largest absolute Gasteiger partial charge is 0.460 e. The van der Waals surface area contributed by atoms with Crippen LogP contribution < -0.4 is 5.73 Å². The minimum atomic E-state index is -0.508. The summed E-state index contributed by atoms with van der Waals surface area (Å²) in [7, 11) is 0. The molecule has 0 aliphatic rings. The number of hydrogen-bond donors (Lipinski definition) is 2. The Balaban J connectivity index is 3.75. The van der Waals surface area contributed by atoms with Crippen LogP contribution in [0.4, 0.5) is 0 Å². The molecule has 71 valence electrons. The summed E-state index contributed by atoms with van der Waals surface area (Å²) in [5.41, 5.74) is 4.58. The van der Waals surface area contributed by atoms with Crippen molar-refractivity contribution in [2.24, 2.45) is 5.73 Å². The van der Waals surface area contributed by atoms with Gasteiger partial charge in [-0.2, -0.15) is 0 Å². The van der Waals surface area contributed by atoms with Crippen LogP contribution in [0.15, 0.2) is 0 Å². The monoisotopic (exact) mass is 174 g/mol. The molecule has 0 rings (SSSR count). The van der Waals surface area contributed by atoms with Gasteiger partial charge in [0, 0.05) is 6.54 Å². The fourth-order valence-electron chi connectivity index (χ4n) is 0.616. The van der Waals surface area contributed by atoms with E-state index in [1.807, 2.05) is 0 Å². The summed E-state index contributed by atoms with van der Waals surface area (Å²) < 4.78 is 4.93. The number of carbonyl (C=O) groups excluding carboxylic acids is 1. The Kier molecular flexibility index (Phi) is 4.20. The molecule has 4 nitrogen and oxygen atoms in total. The molecular formula is C8H16NO3. The lowest BCUT2D eigenvalue weighted by atomic mass is 10.2. The van der Waals surface area contributed by atoms with Crippen molar-refractivity contribution in [1.29, 1.82) is 0 Å². The van der Waals surface area contributed by atoms with E-state index in [9.17, 15) is 4.79 Å². The summed E-state index contributed by atoms with van der Waals surface area (Å²) in [5, 5.41) is 8.92. The smallest absolute Gasteiger partial charge is 0.309 e. The molecule has 0 saturated carbocycles. The first-order valence-corrected chi connectivity index (χ1v) is 3.80. The van der Waals surface area contributed by atoms with Gasteiger partial charge in [-0.25, -0.2) is 0 Å². The van der Waals surface area contributed by atoms with Crippen LogP contribution in [0.3, 0.4) is 0 Å². The van der Waals surface area contributed by atoms with Crippen molar-refractivity contribution in [3.05, 3.63) is 6.10 Å². The fourth-order valence-corrected chi connectivity index (χ4v) is 0.616. The third-order valence-electron chi connectivity index (χ3n) is 1.00. The van der Waals surface area contributed by atoms with Crippen LogP contribution in [-0.4, -0.2) is 23.2 Å². The molecule has 12 heavy (non-hydrogen) atoms. The highest BCUT2D eigenvalue weighted by atomic mass is 16.6. The van der Waals surface area contributed by atoms with Crippen LogP contribution in [0, 0.1) is 6.10 Å². The lowest BCUT2D eigenvalue weighted by Gasteiger charge is -2.19. The fraction of sp³-hybridized carbons (Fsp3) is 0.750. The molecule has 4 heteroatoms. The van der Waals surface area contributed by atoms with Crippen LogP contribution in [0.25, 0.3) is 0 Å². The van der Waals surface area contributed by atoms with E-state index < -0.39 is 11.6 Å². The first-order chi connectivity index (χ1) is 5.35. The summed E-state index contributed by atoms with van der Waals surface area (Å²) >= 11 is 0. The van der Waals surface area contributed by atoms with Crippen molar-refractivity contribution in [2.45, 2.75) is 32.8 Å². The van der Waals surface area contributed by atoms with E-state index in [4.69, 9.17) is 15.6 Å². The van der Waals surface area contributed by atoms with Crippen molar-refractivity contribution in [1.82, 2.24) is 0 Å². The molecule has 0 aliphatic carbocycles. The van der Waals surface area contributed by atoms with E-state index in [0.29, 0.717) is 0 Å². The molecule has 0 fully saturated rings. The number of carbonyl (C=O) groups is 1. The van der Waals surface area contributed by atoms with Gasteiger partial charge in [0.05, 0.1) is 6.42 Å². The van der Waals surface area contributed by atoms with Gasteiger partial charge in [0.1, 0.15) is 11.7 Å². The molecule has 0 aliphatic heterocycles. The van der Waals surface area contributed by atoms with Crippen molar-refractivity contribution < 1.29 is 14.6 Å². The Bertz CT molecular complexity index is 151. The van der Waals surface area contributed by atoms with Gasteiger partial charge in [-0.3, -0.25) is 4.79 Å². The Hall–Kier alpha value is -0.610. The summed E-state index contributed by atoms with van der Waals surface area (Å²) in [4.78, 5) is 11.0. The number of hydrogen-bond acceptors (Lipinski definition) is 4. The Morgan fingerprint density at radius 2 is 2.00 bits per heavy atom. The van der Waals surface area contributed by atoms with Crippen molar-refractivity contribution in [3.8, 4) is 0 Å². The third kappa shape index (κ3) is 6.12. The van der Waals surface area contributed by atoms with E-state index in [2.05, 4.69) is 0 Å². The zero-order valence-corrected chi connectivity index (χ0v) is 7.76. The summed E-state index contributed by atoms with van der Waals surface area (Å²) in [6, 6.07) is 0. The normalized spacial score (nSPS) is 11.8. The molecule has 0 aromatic rings. The zero-order chi connectivity index (χ0) is 9.78. The second-order valence-corrected chi connectivity index (χ2v) is 3.53. The minimum absolute atomic E-state index is 0.000751. The van der Waals surface area contributed by atoms with Gasteiger partial charge in [-0.05, 0) is 20.8 Å². The molecule has 0 atom stereocenters. The number of rotatable bonds is 3. The van der Waals surface area contributed by atoms with Crippen LogP contribution in [0.2, 0.25) is 0 Å².